The molecule has 0 saturated carbocycles. The molecule has 106 valence electrons. The number of hydrogen-bond donors (Lipinski definition) is 3. The van der Waals surface area contributed by atoms with Gasteiger partial charge < -0.3 is 20.1 Å². The third-order valence-electron chi connectivity index (χ3n) is 3.47. The standard InChI is InChI=1S/C17H14O4/c1-21-16-9-14(19)11-4-2-3-5-12(11)17(16)10-6-7-13(18)15(20)8-10/h2-9,18-20H,1H3. The van der Waals surface area contributed by atoms with Crippen LogP contribution in [0.25, 0.3) is 21.9 Å². The van der Waals surface area contributed by atoms with Gasteiger partial charge in [0, 0.05) is 17.0 Å². The molecule has 0 aliphatic rings. The van der Waals surface area contributed by atoms with Gasteiger partial charge >= 0.3 is 0 Å². The Bertz CT molecular complexity index is 824. The lowest BCUT2D eigenvalue weighted by Crippen LogP contribution is -1.90. The number of hydrogen-bond acceptors (Lipinski definition) is 4. The van der Waals surface area contributed by atoms with Crippen LogP contribution < -0.4 is 4.74 Å². The van der Waals surface area contributed by atoms with Gasteiger partial charge in [0.15, 0.2) is 11.5 Å². The van der Waals surface area contributed by atoms with E-state index in [9.17, 15) is 15.3 Å². The zero-order valence-corrected chi connectivity index (χ0v) is 11.4. The molecule has 3 N–H and O–H groups in total. The summed E-state index contributed by atoms with van der Waals surface area (Å²) < 4.78 is 5.35. The molecule has 0 aliphatic carbocycles. The summed E-state index contributed by atoms with van der Waals surface area (Å²) in [5, 5.41) is 30.7. The van der Waals surface area contributed by atoms with E-state index in [1.54, 1.807) is 12.1 Å². The third kappa shape index (κ3) is 2.10. The van der Waals surface area contributed by atoms with Gasteiger partial charge in [-0.25, -0.2) is 0 Å². The van der Waals surface area contributed by atoms with Gasteiger partial charge in [0.25, 0.3) is 0 Å². The molecule has 4 heteroatoms. The molecule has 0 unspecified atom stereocenters. The average Bonchev–Trinajstić information content (AvgIpc) is 2.50. The molecule has 0 spiro atoms. The zero-order valence-electron chi connectivity index (χ0n) is 11.4. The maximum absolute atomic E-state index is 10.1. The van der Waals surface area contributed by atoms with Gasteiger partial charge in [-0.05, 0) is 23.1 Å². The molecule has 0 aromatic heterocycles. The second kappa shape index (κ2) is 4.90. The largest absolute Gasteiger partial charge is 0.507 e. The predicted molar refractivity (Wildman–Crippen MR) is 80.9 cm³/mol. The first-order chi connectivity index (χ1) is 10.1. The van der Waals surface area contributed by atoms with Crippen molar-refractivity contribution >= 4 is 10.8 Å². The molecule has 4 nitrogen and oxygen atoms in total. The molecule has 0 saturated heterocycles. The van der Waals surface area contributed by atoms with E-state index in [-0.39, 0.29) is 17.2 Å². The third-order valence-corrected chi connectivity index (χ3v) is 3.47. The Labute approximate surface area is 121 Å². The van der Waals surface area contributed by atoms with E-state index in [0.29, 0.717) is 16.7 Å². The summed E-state index contributed by atoms with van der Waals surface area (Å²) in [6.45, 7) is 0. The van der Waals surface area contributed by atoms with Crippen LogP contribution in [0, 0.1) is 0 Å². The van der Waals surface area contributed by atoms with Gasteiger partial charge in [0.1, 0.15) is 11.5 Å². The van der Waals surface area contributed by atoms with Gasteiger partial charge in [-0.2, -0.15) is 0 Å². The minimum atomic E-state index is -0.202. The average molecular weight is 282 g/mol. The molecule has 0 radical (unpaired) electrons. The number of rotatable bonds is 2. The Morgan fingerprint density at radius 1 is 0.762 bits per heavy atom. The van der Waals surface area contributed by atoms with E-state index >= 15 is 0 Å². The SMILES string of the molecule is COc1cc(O)c2ccccc2c1-c1ccc(O)c(O)c1. The number of phenols is 3. The first kappa shape index (κ1) is 13.1. The fourth-order valence-corrected chi connectivity index (χ4v) is 2.47. The quantitative estimate of drug-likeness (QED) is 0.628. The van der Waals surface area contributed by atoms with E-state index in [2.05, 4.69) is 0 Å². The number of benzene rings is 3. The lowest BCUT2D eigenvalue weighted by molar-refractivity contribution is 0.403. The van der Waals surface area contributed by atoms with Crippen LogP contribution in [0.3, 0.4) is 0 Å². The Balaban J connectivity index is 2.39. The van der Waals surface area contributed by atoms with Crippen LogP contribution in [0.2, 0.25) is 0 Å². The highest BCUT2D eigenvalue weighted by Crippen LogP contribution is 2.43. The second-order valence-corrected chi connectivity index (χ2v) is 4.72. The Kier molecular flexibility index (Phi) is 3.06. The highest BCUT2D eigenvalue weighted by atomic mass is 16.5. The summed E-state index contributed by atoms with van der Waals surface area (Å²) in [6, 6.07) is 13.5. The molecule has 0 heterocycles. The number of ether oxygens (including phenoxy) is 1. The fourth-order valence-electron chi connectivity index (χ4n) is 2.47. The van der Waals surface area contributed by atoms with Crippen LogP contribution >= 0.6 is 0 Å². The first-order valence-electron chi connectivity index (χ1n) is 6.43. The van der Waals surface area contributed by atoms with Crippen LogP contribution in [0.1, 0.15) is 0 Å². The lowest BCUT2D eigenvalue weighted by Gasteiger charge is -2.14. The summed E-state index contributed by atoms with van der Waals surface area (Å²) in [7, 11) is 1.52. The van der Waals surface area contributed by atoms with Crippen LogP contribution in [-0.2, 0) is 0 Å². The predicted octanol–water partition coefficient (Wildman–Crippen LogP) is 3.63. The van der Waals surface area contributed by atoms with Gasteiger partial charge in [-0.3, -0.25) is 0 Å². The number of methoxy groups -OCH3 is 1. The maximum atomic E-state index is 10.1. The van der Waals surface area contributed by atoms with Crippen molar-refractivity contribution in [3.05, 3.63) is 48.5 Å². The summed E-state index contributed by atoms with van der Waals surface area (Å²) >= 11 is 0. The minimum Gasteiger partial charge on any atom is -0.507 e. The maximum Gasteiger partial charge on any atom is 0.158 e. The topological polar surface area (TPSA) is 69.9 Å². The summed E-state index contributed by atoms with van der Waals surface area (Å²) in [5.41, 5.74) is 1.44. The van der Waals surface area contributed by atoms with Crippen LogP contribution in [0.15, 0.2) is 48.5 Å². The minimum absolute atomic E-state index is 0.134. The number of phenolic OH excluding ortho intramolecular Hbond substituents is 3. The van der Waals surface area contributed by atoms with Crippen LogP contribution in [0.5, 0.6) is 23.0 Å². The molecule has 0 aliphatic heterocycles. The second-order valence-electron chi connectivity index (χ2n) is 4.72. The number of fused-ring (bicyclic) bond motifs is 1. The van der Waals surface area contributed by atoms with Crippen molar-refractivity contribution in [1.82, 2.24) is 0 Å². The van der Waals surface area contributed by atoms with Crippen molar-refractivity contribution in [3.63, 3.8) is 0 Å². The summed E-state index contributed by atoms with van der Waals surface area (Å²) in [4.78, 5) is 0. The zero-order chi connectivity index (χ0) is 15.0. The molecule has 3 rings (SSSR count). The highest BCUT2D eigenvalue weighted by Gasteiger charge is 2.15. The van der Waals surface area contributed by atoms with Crippen molar-refractivity contribution in [3.8, 4) is 34.1 Å². The van der Waals surface area contributed by atoms with E-state index in [0.717, 1.165) is 10.9 Å². The van der Waals surface area contributed by atoms with Gasteiger partial charge in [-0.1, -0.05) is 30.3 Å². The fraction of sp³-hybridized carbons (Fsp3) is 0.0588. The van der Waals surface area contributed by atoms with Crippen molar-refractivity contribution in [2.75, 3.05) is 7.11 Å². The van der Waals surface area contributed by atoms with E-state index in [1.165, 1.54) is 19.2 Å². The van der Waals surface area contributed by atoms with Crippen molar-refractivity contribution in [1.29, 1.82) is 0 Å². The van der Waals surface area contributed by atoms with Crippen LogP contribution in [0.4, 0.5) is 0 Å². The Morgan fingerprint density at radius 3 is 2.14 bits per heavy atom. The van der Waals surface area contributed by atoms with Gasteiger partial charge in [-0.15, -0.1) is 0 Å². The van der Waals surface area contributed by atoms with Crippen LogP contribution in [-0.4, -0.2) is 22.4 Å². The van der Waals surface area contributed by atoms with E-state index < -0.39 is 0 Å². The monoisotopic (exact) mass is 282 g/mol. The molecular formula is C17H14O4. The molecule has 3 aromatic rings. The molecule has 0 atom stereocenters. The van der Waals surface area contributed by atoms with Gasteiger partial charge in [0.05, 0.1) is 7.11 Å². The molecule has 3 aromatic carbocycles. The Hall–Kier alpha value is -2.88. The summed E-state index contributed by atoms with van der Waals surface area (Å²) in [6.07, 6.45) is 0. The smallest absolute Gasteiger partial charge is 0.158 e. The summed E-state index contributed by atoms with van der Waals surface area (Å²) in [5.74, 6) is 0.248. The normalized spacial score (nSPS) is 10.7. The molecular weight excluding hydrogens is 268 g/mol. The van der Waals surface area contributed by atoms with Crippen molar-refractivity contribution in [2.24, 2.45) is 0 Å². The van der Waals surface area contributed by atoms with Gasteiger partial charge in [0.2, 0.25) is 0 Å². The molecule has 0 bridgehead atoms. The molecule has 0 fully saturated rings. The first-order valence-corrected chi connectivity index (χ1v) is 6.43. The molecule has 21 heavy (non-hydrogen) atoms. The van der Waals surface area contributed by atoms with E-state index in [1.807, 2.05) is 24.3 Å². The number of aromatic hydroxyl groups is 3. The highest BCUT2D eigenvalue weighted by molar-refractivity contribution is 6.03. The van der Waals surface area contributed by atoms with Crippen molar-refractivity contribution < 1.29 is 20.1 Å². The molecule has 0 amide bonds. The van der Waals surface area contributed by atoms with E-state index in [4.69, 9.17) is 4.74 Å². The Morgan fingerprint density at radius 2 is 1.48 bits per heavy atom. The van der Waals surface area contributed by atoms with Crippen molar-refractivity contribution in [2.45, 2.75) is 0 Å². The lowest BCUT2D eigenvalue weighted by atomic mass is 9.96.